The van der Waals surface area contributed by atoms with Crippen molar-refractivity contribution in [2.45, 2.75) is 61.0 Å². The van der Waals surface area contributed by atoms with Gasteiger partial charge in [0, 0.05) is 17.6 Å². The van der Waals surface area contributed by atoms with Crippen LogP contribution in [0.5, 0.6) is 0 Å². The zero-order valence-electron chi connectivity index (χ0n) is 17.2. The minimum absolute atomic E-state index is 0.0407. The number of amides is 1. The summed E-state index contributed by atoms with van der Waals surface area (Å²) in [7, 11) is 0. The van der Waals surface area contributed by atoms with Gasteiger partial charge >= 0.3 is 0 Å². The number of thioether (sulfide) groups is 1. The number of nitrogens with zero attached hydrogens (tertiary/aromatic N) is 3. The van der Waals surface area contributed by atoms with Crippen LogP contribution in [-0.4, -0.2) is 26.7 Å². The lowest BCUT2D eigenvalue weighted by molar-refractivity contribution is -0.120. The zero-order valence-corrected chi connectivity index (χ0v) is 18.8. The van der Waals surface area contributed by atoms with Crippen molar-refractivity contribution in [1.82, 2.24) is 20.1 Å². The molecule has 5 nitrogen and oxygen atoms in total. The van der Waals surface area contributed by atoms with Crippen LogP contribution in [0.1, 0.15) is 55.4 Å². The molecule has 1 heterocycles. The van der Waals surface area contributed by atoms with Gasteiger partial charge in [-0.1, -0.05) is 78.7 Å². The van der Waals surface area contributed by atoms with E-state index >= 15 is 0 Å². The number of benzene rings is 2. The van der Waals surface area contributed by atoms with Gasteiger partial charge in [0.2, 0.25) is 5.91 Å². The summed E-state index contributed by atoms with van der Waals surface area (Å²) in [6, 6.07) is 18.3. The van der Waals surface area contributed by atoms with Crippen LogP contribution in [-0.2, 0) is 4.79 Å². The third-order valence-electron chi connectivity index (χ3n) is 5.96. The van der Waals surface area contributed by atoms with E-state index in [9.17, 15) is 4.79 Å². The highest BCUT2D eigenvalue weighted by Crippen LogP contribution is 2.42. The first-order chi connectivity index (χ1) is 15.2. The highest BCUT2D eigenvalue weighted by Gasteiger charge is 2.32. The minimum Gasteiger partial charge on any atom is -0.352 e. The van der Waals surface area contributed by atoms with Crippen LogP contribution in [0.3, 0.4) is 0 Å². The fourth-order valence-electron chi connectivity index (χ4n) is 4.19. The van der Waals surface area contributed by atoms with Gasteiger partial charge in [0.05, 0.1) is 5.02 Å². The molecule has 1 aromatic heterocycles. The maximum absolute atomic E-state index is 13.2. The van der Waals surface area contributed by atoms with E-state index in [4.69, 9.17) is 11.6 Å². The Morgan fingerprint density at radius 2 is 1.71 bits per heavy atom. The van der Waals surface area contributed by atoms with Crippen molar-refractivity contribution < 1.29 is 4.79 Å². The van der Waals surface area contributed by atoms with Crippen molar-refractivity contribution in [2.24, 2.45) is 0 Å². The topological polar surface area (TPSA) is 59.8 Å². The molecule has 5 rings (SSSR count). The van der Waals surface area contributed by atoms with Crippen LogP contribution in [0, 0.1) is 0 Å². The monoisotopic (exact) mass is 452 g/mol. The van der Waals surface area contributed by atoms with Gasteiger partial charge < -0.3 is 5.32 Å². The van der Waals surface area contributed by atoms with E-state index in [0.29, 0.717) is 17.1 Å². The average molecular weight is 453 g/mol. The van der Waals surface area contributed by atoms with E-state index in [0.717, 1.165) is 47.8 Å². The molecule has 0 bridgehead atoms. The highest BCUT2D eigenvalue weighted by atomic mass is 35.5. The number of carbonyl (C=O) groups excluding carboxylic acids is 1. The molecular weight excluding hydrogens is 428 g/mol. The quantitative estimate of drug-likeness (QED) is 0.458. The molecule has 2 aromatic carbocycles. The molecule has 2 saturated carbocycles. The third kappa shape index (κ3) is 4.51. The Hall–Kier alpha value is -2.31. The first-order valence-electron chi connectivity index (χ1n) is 10.9. The fraction of sp³-hybridized carbons (Fsp3) is 0.375. The summed E-state index contributed by atoms with van der Waals surface area (Å²) < 4.78 is 2.22. The first kappa shape index (κ1) is 20.6. The molecule has 2 aliphatic rings. The molecule has 0 radical (unpaired) electrons. The molecule has 1 atom stereocenters. The summed E-state index contributed by atoms with van der Waals surface area (Å²) in [5, 5.41) is 13.3. The predicted octanol–water partition coefficient (Wildman–Crippen LogP) is 5.83. The van der Waals surface area contributed by atoms with Crippen molar-refractivity contribution in [1.29, 1.82) is 0 Å². The Morgan fingerprint density at radius 3 is 2.42 bits per heavy atom. The van der Waals surface area contributed by atoms with Gasteiger partial charge in [-0.25, -0.2) is 0 Å². The number of hydrogen-bond donors (Lipinski definition) is 1. The molecule has 0 spiro atoms. The molecule has 1 N–H and O–H groups in total. The van der Waals surface area contributed by atoms with Crippen LogP contribution in [0.25, 0.3) is 11.4 Å². The second-order valence-corrected chi connectivity index (χ2v) is 9.77. The molecule has 7 heteroatoms. The Bertz CT molecular complexity index is 1060. The van der Waals surface area contributed by atoms with E-state index in [1.807, 2.05) is 54.6 Å². The molecule has 3 aromatic rings. The van der Waals surface area contributed by atoms with Crippen LogP contribution in [0.2, 0.25) is 5.02 Å². The largest absolute Gasteiger partial charge is 0.352 e. The predicted molar refractivity (Wildman–Crippen MR) is 124 cm³/mol. The Kier molecular flexibility index (Phi) is 6.01. The fourth-order valence-corrected chi connectivity index (χ4v) is 5.52. The van der Waals surface area contributed by atoms with Crippen LogP contribution in [0.4, 0.5) is 0 Å². The summed E-state index contributed by atoms with van der Waals surface area (Å²) >= 11 is 8.00. The summed E-state index contributed by atoms with van der Waals surface area (Å²) in [5.41, 5.74) is 1.86. The zero-order chi connectivity index (χ0) is 21.2. The van der Waals surface area contributed by atoms with Gasteiger partial charge in [0.25, 0.3) is 0 Å². The van der Waals surface area contributed by atoms with Gasteiger partial charge in [0.15, 0.2) is 11.0 Å². The molecular formula is C24H25ClN4OS. The SMILES string of the molecule is O=C(NC1CC1)[C@H](Sc1nnc(-c2ccccc2Cl)n1C1CCCC1)c1ccccc1. The van der Waals surface area contributed by atoms with Gasteiger partial charge in [-0.05, 0) is 43.4 Å². The minimum atomic E-state index is -0.370. The first-order valence-corrected chi connectivity index (χ1v) is 12.2. The van der Waals surface area contributed by atoms with Gasteiger partial charge in [-0.2, -0.15) is 0 Å². The van der Waals surface area contributed by atoms with E-state index < -0.39 is 0 Å². The van der Waals surface area contributed by atoms with Crippen molar-refractivity contribution in [3.63, 3.8) is 0 Å². The van der Waals surface area contributed by atoms with Crippen molar-refractivity contribution in [2.75, 3.05) is 0 Å². The second kappa shape index (κ2) is 9.05. The average Bonchev–Trinajstić information content (AvgIpc) is 3.26. The maximum Gasteiger partial charge on any atom is 0.238 e. The van der Waals surface area contributed by atoms with E-state index in [1.165, 1.54) is 24.6 Å². The van der Waals surface area contributed by atoms with Crippen molar-refractivity contribution in [3.05, 3.63) is 65.2 Å². The van der Waals surface area contributed by atoms with Gasteiger partial charge in [-0.3, -0.25) is 9.36 Å². The lowest BCUT2D eigenvalue weighted by Crippen LogP contribution is -2.30. The molecule has 0 aliphatic heterocycles. The normalized spacial score (nSPS) is 17.6. The lowest BCUT2D eigenvalue weighted by atomic mass is 10.1. The highest BCUT2D eigenvalue weighted by molar-refractivity contribution is 8.00. The number of halogens is 1. The molecule has 160 valence electrons. The smallest absolute Gasteiger partial charge is 0.238 e. The second-order valence-electron chi connectivity index (χ2n) is 8.29. The molecule has 0 unspecified atom stereocenters. The number of carbonyl (C=O) groups is 1. The summed E-state index contributed by atoms with van der Waals surface area (Å²) in [6.45, 7) is 0. The maximum atomic E-state index is 13.2. The number of rotatable bonds is 7. The van der Waals surface area contributed by atoms with Crippen molar-refractivity contribution in [3.8, 4) is 11.4 Å². The number of hydrogen-bond acceptors (Lipinski definition) is 4. The molecule has 2 fully saturated rings. The Balaban J connectivity index is 1.53. The number of aromatic nitrogens is 3. The molecule has 31 heavy (non-hydrogen) atoms. The molecule has 0 saturated heterocycles. The lowest BCUT2D eigenvalue weighted by Gasteiger charge is -2.20. The summed E-state index contributed by atoms with van der Waals surface area (Å²) in [5.74, 6) is 0.827. The number of nitrogens with one attached hydrogen (secondary N) is 1. The van der Waals surface area contributed by atoms with E-state index in [1.54, 1.807) is 0 Å². The van der Waals surface area contributed by atoms with E-state index in [-0.39, 0.29) is 11.2 Å². The standard InChI is InChI=1S/C24H25ClN4OS/c25-20-13-7-6-12-19(20)22-27-28-24(29(22)18-10-4-5-11-18)31-21(16-8-2-1-3-9-16)23(30)26-17-14-15-17/h1-3,6-9,12-13,17-18,21H,4-5,10-11,14-15H2,(H,26,30)/t21-/m1/s1. The van der Waals surface area contributed by atoms with Crippen molar-refractivity contribution >= 4 is 29.3 Å². The Morgan fingerprint density at radius 1 is 1.00 bits per heavy atom. The molecule has 2 aliphatic carbocycles. The third-order valence-corrected chi connectivity index (χ3v) is 7.50. The summed E-state index contributed by atoms with van der Waals surface area (Å²) in [4.78, 5) is 13.2. The van der Waals surface area contributed by atoms with Crippen LogP contribution >= 0.6 is 23.4 Å². The van der Waals surface area contributed by atoms with Crippen LogP contribution < -0.4 is 5.32 Å². The van der Waals surface area contributed by atoms with Crippen LogP contribution in [0.15, 0.2) is 59.8 Å². The van der Waals surface area contributed by atoms with Gasteiger partial charge in [0.1, 0.15) is 5.25 Å². The summed E-state index contributed by atoms with van der Waals surface area (Å²) in [6.07, 6.45) is 6.69. The van der Waals surface area contributed by atoms with E-state index in [2.05, 4.69) is 20.1 Å². The van der Waals surface area contributed by atoms with Gasteiger partial charge in [-0.15, -0.1) is 10.2 Å². The Labute approximate surface area is 191 Å². The molecule has 1 amide bonds.